The number of rotatable bonds is 6. The smallest absolute Gasteiger partial charge is 0.131 e. The van der Waals surface area contributed by atoms with E-state index in [1.54, 1.807) is 6.07 Å². The molecule has 0 fully saturated rings. The van der Waals surface area contributed by atoms with E-state index in [9.17, 15) is 4.39 Å². The summed E-state index contributed by atoms with van der Waals surface area (Å²) in [7, 11) is 0. The Kier molecular flexibility index (Phi) is 5.22. The molecule has 1 rings (SSSR count). The largest absolute Gasteiger partial charge is 0.508 e. The Balaban J connectivity index is 2.49. The van der Waals surface area contributed by atoms with Crippen molar-refractivity contribution in [2.75, 3.05) is 19.8 Å². The standard InChI is InChI=1S/C12H18FNO2/c1-3-16-7-6-14-9(2)11-5-4-10(15)8-12(11)13/h4-5,8-9,14-15H,3,6-7H2,1-2H3. The van der Waals surface area contributed by atoms with Gasteiger partial charge in [-0.1, -0.05) is 6.07 Å². The summed E-state index contributed by atoms with van der Waals surface area (Å²) in [6, 6.07) is 4.10. The minimum Gasteiger partial charge on any atom is -0.508 e. The number of hydrogen-bond donors (Lipinski definition) is 2. The lowest BCUT2D eigenvalue weighted by atomic mass is 10.1. The van der Waals surface area contributed by atoms with Crippen LogP contribution in [0.25, 0.3) is 0 Å². The summed E-state index contributed by atoms with van der Waals surface area (Å²) in [6.07, 6.45) is 0. The lowest BCUT2D eigenvalue weighted by Crippen LogP contribution is -2.24. The zero-order valence-corrected chi connectivity index (χ0v) is 9.66. The van der Waals surface area contributed by atoms with Gasteiger partial charge >= 0.3 is 0 Å². The molecule has 0 amide bonds. The third-order valence-electron chi connectivity index (χ3n) is 2.35. The Morgan fingerprint density at radius 1 is 1.50 bits per heavy atom. The number of phenolic OH excluding ortho intramolecular Hbond substituents is 1. The van der Waals surface area contributed by atoms with Crippen molar-refractivity contribution in [2.45, 2.75) is 19.9 Å². The zero-order valence-electron chi connectivity index (χ0n) is 9.66. The second-order valence-electron chi connectivity index (χ2n) is 3.58. The molecular weight excluding hydrogens is 209 g/mol. The first-order valence-electron chi connectivity index (χ1n) is 5.44. The van der Waals surface area contributed by atoms with Crippen molar-refractivity contribution in [1.82, 2.24) is 5.32 Å². The van der Waals surface area contributed by atoms with Crippen LogP contribution < -0.4 is 5.32 Å². The van der Waals surface area contributed by atoms with Crippen molar-refractivity contribution in [2.24, 2.45) is 0 Å². The van der Waals surface area contributed by atoms with Crippen molar-refractivity contribution < 1.29 is 14.2 Å². The van der Waals surface area contributed by atoms with Gasteiger partial charge in [0.2, 0.25) is 0 Å². The number of phenols is 1. The van der Waals surface area contributed by atoms with E-state index in [-0.39, 0.29) is 11.8 Å². The van der Waals surface area contributed by atoms with Crippen LogP contribution in [-0.4, -0.2) is 24.9 Å². The van der Waals surface area contributed by atoms with Gasteiger partial charge in [-0.25, -0.2) is 4.39 Å². The molecule has 16 heavy (non-hydrogen) atoms. The van der Waals surface area contributed by atoms with Crippen LogP contribution in [0.3, 0.4) is 0 Å². The van der Waals surface area contributed by atoms with Crippen LogP contribution in [0.15, 0.2) is 18.2 Å². The number of ether oxygens (including phenoxy) is 1. The SMILES string of the molecule is CCOCCNC(C)c1ccc(O)cc1F. The number of nitrogens with one attached hydrogen (secondary N) is 1. The van der Waals surface area contributed by atoms with Gasteiger partial charge in [0, 0.05) is 30.8 Å². The van der Waals surface area contributed by atoms with E-state index in [2.05, 4.69) is 5.32 Å². The van der Waals surface area contributed by atoms with E-state index in [0.29, 0.717) is 25.3 Å². The zero-order chi connectivity index (χ0) is 12.0. The molecule has 0 aliphatic carbocycles. The molecule has 0 aliphatic heterocycles. The van der Waals surface area contributed by atoms with Gasteiger partial charge in [0.05, 0.1) is 6.61 Å². The fraction of sp³-hybridized carbons (Fsp3) is 0.500. The van der Waals surface area contributed by atoms with Crippen LogP contribution in [-0.2, 0) is 4.74 Å². The number of halogens is 1. The van der Waals surface area contributed by atoms with Crippen LogP contribution in [0.5, 0.6) is 5.75 Å². The first kappa shape index (κ1) is 12.9. The van der Waals surface area contributed by atoms with Gasteiger partial charge in [-0.05, 0) is 19.9 Å². The quantitative estimate of drug-likeness (QED) is 0.732. The predicted octanol–water partition coefficient (Wildman–Crippen LogP) is 2.22. The summed E-state index contributed by atoms with van der Waals surface area (Å²) >= 11 is 0. The van der Waals surface area contributed by atoms with Gasteiger partial charge in [0.15, 0.2) is 0 Å². The van der Waals surface area contributed by atoms with Crippen molar-refractivity contribution in [1.29, 1.82) is 0 Å². The van der Waals surface area contributed by atoms with Gasteiger partial charge in [-0.3, -0.25) is 0 Å². The molecule has 0 aliphatic rings. The van der Waals surface area contributed by atoms with E-state index in [1.807, 2.05) is 13.8 Å². The van der Waals surface area contributed by atoms with Crippen LogP contribution >= 0.6 is 0 Å². The summed E-state index contributed by atoms with van der Waals surface area (Å²) in [6.45, 7) is 5.78. The highest BCUT2D eigenvalue weighted by Gasteiger charge is 2.10. The molecule has 3 nitrogen and oxygen atoms in total. The van der Waals surface area contributed by atoms with Crippen molar-refractivity contribution >= 4 is 0 Å². The van der Waals surface area contributed by atoms with Crippen molar-refractivity contribution in [3.05, 3.63) is 29.6 Å². The highest BCUT2D eigenvalue weighted by Crippen LogP contribution is 2.20. The lowest BCUT2D eigenvalue weighted by Gasteiger charge is -2.15. The maximum atomic E-state index is 13.4. The molecule has 0 aromatic heterocycles. The summed E-state index contributed by atoms with van der Waals surface area (Å²) < 4.78 is 18.6. The fourth-order valence-electron chi connectivity index (χ4n) is 1.47. The molecule has 0 saturated carbocycles. The lowest BCUT2D eigenvalue weighted by molar-refractivity contribution is 0.147. The molecule has 0 saturated heterocycles. The van der Waals surface area contributed by atoms with E-state index in [0.717, 1.165) is 6.07 Å². The third kappa shape index (κ3) is 3.79. The summed E-state index contributed by atoms with van der Waals surface area (Å²) in [4.78, 5) is 0. The van der Waals surface area contributed by atoms with E-state index in [4.69, 9.17) is 9.84 Å². The van der Waals surface area contributed by atoms with Crippen molar-refractivity contribution in [3.8, 4) is 5.75 Å². The predicted molar refractivity (Wildman–Crippen MR) is 61.0 cm³/mol. The van der Waals surface area contributed by atoms with Gasteiger partial charge in [-0.15, -0.1) is 0 Å². The summed E-state index contributed by atoms with van der Waals surface area (Å²) in [5.74, 6) is -0.445. The Morgan fingerprint density at radius 2 is 2.25 bits per heavy atom. The minimum absolute atomic E-state index is 0.0530. The van der Waals surface area contributed by atoms with E-state index in [1.165, 1.54) is 6.07 Å². The summed E-state index contributed by atoms with van der Waals surface area (Å²) in [5.41, 5.74) is 0.550. The Labute approximate surface area is 95.2 Å². The Hall–Kier alpha value is -1.13. The van der Waals surface area contributed by atoms with Crippen LogP contribution in [0.1, 0.15) is 25.5 Å². The molecule has 0 bridgehead atoms. The fourth-order valence-corrected chi connectivity index (χ4v) is 1.47. The molecule has 0 spiro atoms. The monoisotopic (exact) mass is 227 g/mol. The minimum atomic E-state index is -0.392. The summed E-state index contributed by atoms with van der Waals surface area (Å²) in [5, 5.41) is 12.2. The molecular formula is C12H18FNO2. The molecule has 1 atom stereocenters. The molecule has 90 valence electrons. The number of hydrogen-bond acceptors (Lipinski definition) is 3. The van der Waals surface area contributed by atoms with Gasteiger partial charge in [0.25, 0.3) is 0 Å². The topological polar surface area (TPSA) is 41.5 Å². The number of aromatic hydroxyl groups is 1. The van der Waals surface area contributed by atoms with E-state index < -0.39 is 5.82 Å². The first-order chi connectivity index (χ1) is 7.65. The molecule has 1 aromatic carbocycles. The number of benzene rings is 1. The molecule has 2 N–H and O–H groups in total. The van der Waals surface area contributed by atoms with Crippen LogP contribution in [0.4, 0.5) is 4.39 Å². The second-order valence-corrected chi connectivity index (χ2v) is 3.58. The van der Waals surface area contributed by atoms with E-state index >= 15 is 0 Å². The molecule has 0 heterocycles. The second kappa shape index (κ2) is 6.45. The highest BCUT2D eigenvalue weighted by atomic mass is 19.1. The third-order valence-corrected chi connectivity index (χ3v) is 2.35. The normalized spacial score (nSPS) is 12.7. The van der Waals surface area contributed by atoms with Crippen LogP contribution in [0.2, 0.25) is 0 Å². The molecule has 4 heteroatoms. The van der Waals surface area contributed by atoms with Gasteiger partial charge < -0.3 is 15.2 Å². The van der Waals surface area contributed by atoms with Crippen LogP contribution in [0, 0.1) is 5.82 Å². The van der Waals surface area contributed by atoms with Gasteiger partial charge in [-0.2, -0.15) is 0 Å². The average molecular weight is 227 g/mol. The van der Waals surface area contributed by atoms with Gasteiger partial charge in [0.1, 0.15) is 11.6 Å². The molecule has 1 unspecified atom stereocenters. The molecule has 0 radical (unpaired) electrons. The highest BCUT2D eigenvalue weighted by molar-refractivity contribution is 5.29. The van der Waals surface area contributed by atoms with Crippen molar-refractivity contribution in [3.63, 3.8) is 0 Å². The first-order valence-corrected chi connectivity index (χ1v) is 5.44. The molecule has 1 aromatic rings. The average Bonchev–Trinajstić information content (AvgIpc) is 2.24. The Bertz CT molecular complexity index is 331. The maximum Gasteiger partial charge on any atom is 0.131 e. The Morgan fingerprint density at radius 3 is 2.88 bits per heavy atom. The maximum absolute atomic E-state index is 13.4.